The monoisotopic (exact) mass is 561 g/mol. The van der Waals surface area contributed by atoms with E-state index in [0.717, 1.165) is 33.5 Å². The summed E-state index contributed by atoms with van der Waals surface area (Å²) in [5.41, 5.74) is 3.25. The summed E-state index contributed by atoms with van der Waals surface area (Å²) in [6, 6.07) is 16.2. The zero-order valence-corrected chi connectivity index (χ0v) is 22.7. The number of hydrogen-bond donors (Lipinski definition) is 2. The Morgan fingerprint density at radius 3 is 2.62 bits per heavy atom. The molecule has 5 rings (SSSR count). The summed E-state index contributed by atoms with van der Waals surface area (Å²) in [6.45, 7) is 3.54. The molecule has 0 radical (unpaired) electrons. The van der Waals surface area contributed by atoms with Crippen LogP contribution < -0.4 is 14.9 Å². The maximum atomic E-state index is 13.1. The maximum Gasteiger partial charge on any atom is 0.322 e. The Balaban J connectivity index is 1.25. The summed E-state index contributed by atoms with van der Waals surface area (Å²) < 4.78 is 10.8. The fraction of sp³-hybridized carbons (Fsp3) is 0.286. The second-order valence-corrected chi connectivity index (χ2v) is 10.5. The molecule has 0 spiro atoms. The van der Waals surface area contributed by atoms with Crippen LogP contribution in [0.3, 0.4) is 0 Å². The molecule has 0 saturated carbocycles. The third-order valence-corrected chi connectivity index (χ3v) is 7.48. The number of likely N-dealkylation sites (tertiary alicyclic amines) is 1. The Hall–Kier alpha value is -4.58. The van der Waals surface area contributed by atoms with Crippen molar-refractivity contribution in [3.8, 4) is 5.75 Å². The van der Waals surface area contributed by atoms with Gasteiger partial charge < -0.3 is 19.7 Å². The first-order chi connectivity index (χ1) is 19.3. The van der Waals surface area contributed by atoms with Crippen LogP contribution in [0.15, 0.2) is 59.4 Å². The minimum absolute atomic E-state index is 0.185. The second-order valence-electron chi connectivity index (χ2n) is 9.47. The lowest BCUT2D eigenvalue weighted by atomic mass is 10.0. The number of aromatic amines is 1. The van der Waals surface area contributed by atoms with Gasteiger partial charge in [-0.15, -0.1) is 0 Å². The molecule has 2 amide bonds. The first-order valence-electron chi connectivity index (χ1n) is 12.6. The van der Waals surface area contributed by atoms with Gasteiger partial charge >= 0.3 is 10.8 Å². The maximum absolute atomic E-state index is 13.1. The van der Waals surface area contributed by atoms with E-state index in [2.05, 4.69) is 20.5 Å². The predicted octanol–water partition coefficient (Wildman–Crippen LogP) is 2.55. The zero-order chi connectivity index (χ0) is 28.2. The summed E-state index contributed by atoms with van der Waals surface area (Å²) in [5.74, 6) is -1.07. The third kappa shape index (κ3) is 6.18. The highest BCUT2D eigenvalue weighted by Crippen LogP contribution is 2.28. The fourth-order valence-corrected chi connectivity index (χ4v) is 5.45. The molecule has 1 aliphatic rings. The number of aryl methyl sites for hydroxylation is 1. The molecule has 2 aromatic carbocycles. The first-order valence-corrected chi connectivity index (χ1v) is 13.4. The van der Waals surface area contributed by atoms with E-state index in [4.69, 9.17) is 9.47 Å². The Bertz CT molecular complexity index is 1620. The number of hydrogen-bond acceptors (Lipinski definition) is 9. The van der Waals surface area contributed by atoms with Crippen molar-refractivity contribution in [1.82, 2.24) is 25.4 Å². The van der Waals surface area contributed by atoms with Crippen LogP contribution in [-0.4, -0.2) is 63.6 Å². The van der Waals surface area contributed by atoms with E-state index in [1.165, 1.54) is 11.8 Å². The fourth-order valence-electron chi connectivity index (χ4n) is 4.69. The number of rotatable bonds is 8. The smallest absolute Gasteiger partial charge is 0.322 e. The molecule has 2 atom stereocenters. The topological polar surface area (TPSA) is 144 Å². The van der Waals surface area contributed by atoms with E-state index in [-0.39, 0.29) is 23.9 Å². The van der Waals surface area contributed by atoms with Crippen molar-refractivity contribution in [1.29, 1.82) is 0 Å². The lowest BCUT2D eigenvalue weighted by Crippen LogP contribution is -2.41. The molecular weight excluding hydrogens is 534 g/mol. The van der Waals surface area contributed by atoms with Gasteiger partial charge in [0, 0.05) is 42.2 Å². The van der Waals surface area contributed by atoms with Gasteiger partial charge in [-0.25, -0.2) is 5.10 Å². The number of fused-ring (bicyclic) bond motifs is 1. The van der Waals surface area contributed by atoms with E-state index < -0.39 is 30.4 Å². The SMILES string of the molecule is CC(=O)OCC(=O)N1C[C@H](c2n[nH]c(=O)s2)[C@H](NC(=O)c2ccc(OCc3cc(C)nc4ccccc34)cc2)C1. The Kier molecular flexibility index (Phi) is 7.87. The van der Waals surface area contributed by atoms with Gasteiger partial charge in [0.2, 0.25) is 0 Å². The molecule has 3 heterocycles. The molecular formula is C28H27N5O6S. The van der Waals surface area contributed by atoms with Crippen LogP contribution >= 0.6 is 11.3 Å². The van der Waals surface area contributed by atoms with Crippen molar-refractivity contribution >= 4 is 40.0 Å². The van der Waals surface area contributed by atoms with Crippen LogP contribution in [0.2, 0.25) is 0 Å². The lowest BCUT2D eigenvalue weighted by molar-refractivity contribution is -0.149. The second kappa shape index (κ2) is 11.7. The number of carbonyl (C=O) groups is 3. The number of pyridine rings is 1. The number of para-hydroxylation sites is 1. The van der Waals surface area contributed by atoms with Crippen molar-refractivity contribution < 1.29 is 23.9 Å². The van der Waals surface area contributed by atoms with Crippen molar-refractivity contribution in [2.75, 3.05) is 19.7 Å². The van der Waals surface area contributed by atoms with Crippen LogP contribution in [-0.2, 0) is 20.9 Å². The average molecular weight is 562 g/mol. The quantitative estimate of drug-likeness (QED) is 0.313. The molecule has 4 aromatic rings. The van der Waals surface area contributed by atoms with E-state index in [1.54, 1.807) is 24.3 Å². The van der Waals surface area contributed by atoms with Gasteiger partial charge in [-0.05, 0) is 43.3 Å². The summed E-state index contributed by atoms with van der Waals surface area (Å²) in [7, 11) is 0. The minimum atomic E-state index is -0.559. The molecule has 0 unspecified atom stereocenters. The van der Waals surface area contributed by atoms with Gasteiger partial charge in [0.25, 0.3) is 11.8 Å². The molecule has 0 aliphatic carbocycles. The van der Waals surface area contributed by atoms with E-state index in [9.17, 15) is 19.2 Å². The summed E-state index contributed by atoms with van der Waals surface area (Å²) in [5, 5.41) is 10.9. The van der Waals surface area contributed by atoms with Crippen molar-refractivity contribution in [3.05, 3.63) is 86.1 Å². The molecule has 40 heavy (non-hydrogen) atoms. The molecule has 2 aromatic heterocycles. The van der Waals surface area contributed by atoms with Gasteiger partial charge in [0.05, 0.1) is 17.5 Å². The van der Waals surface area contributed by atoms with Gasteiger partial charge in [0.1, 0.15) is 17.4 Å². The molecule has 2 N–H and O–H groups in total. The Labute approximate surface area is 233 Å². The number of amides is 2. The number of benzene rings is 2. The summed E-state index contributed by atoms with van der Waals surface area (Å²) in [4.78, 5) is 54.2. The van der Waals surface area contributed by atoms with Crippen molar-refractivity contribution in [2.45, 2.75) is 32.4 Å². The van der Waals surface area contributed by atoms with Crippen LogP contribution in [0, 0.1) is 6.92 Å². The number of carbonyl (C=O) groups excluding carboxylic acids is 3. The molecule has 1 aliphatic heterocycles. The van der Waals surface area contributed by atoms with Gasteiger partial charge in [0.15, 0.2) is 6.61 Å². The average Bonchev–Trinajstić information content (AvgIpc) is 3.56. The van der Waals surface area contributed by atoms with Crippen LogP contribution in [0.4, 0.5) is 0 Å². The predicted molar refractivity (Wildman–Crippen MR) is 147 cm³/mol. The van der Waals surface area contributed by atoms with Gasteiger partial charge in [-0.2, -0.15) is 5.10 Å². The number of H-pyrrole nitrogens is 1. The van der Waals surface area contributed by atoms with E-state index in [0.29, 0.717) is 22.9 Å². The minimum Gasteiger partial charge on any atom is -0.489 e. The molecule has 1 saturated heterocycles. The first kappa shape index (κ1) is 27.0. The normalized spacial score (nSPS) is 16.6. The van der Waals surface area contributed by atoms with Gasteiger partial charge in [-0.1, -0.05) is 29.5 Å². The number of nitrogens with zero attached hydrogens (tertiary/aromatic N) is 3. The van der Waals surface area contributed by atoms with Crippen molar-refractivity contribution in [2.24, 2.45) is 0 Å². The molecule has 206 valence electrons. The highest BCUT2D eigenvalue weighted by molar-refractivity contribution is 7.08. The number of esters is 1. The van der Waals surface area contributed by atoms with E-state index >= 15 is 0 Å². The highest BCUT2D eigenvalue weighted by Gasteiger charge is 2.39. The standard InChI is InChI=1S/C28H27N5O6S/c1-16-11-19(21-5-3-4-6-23(21)29-16)14-39-20-9-7-18(8-10-20)26(36)30-24-13-33(25(35)15-38-17(2)34)12-22(24)27-31-32-28(37)40-27/h3-11,22,24H,12-15H2,1-2H3,(H,30,36)(H,32,37)/t22-,24+/m0/s1. The molecule has 11 nitrogen and oxygen atoms in total. The lowest BCUT2D eigenvalue weighted by Gasteiger charge is -2.18. The summed E-state index contributed by atoms with van der Waals surface area (Å²) in [6.07, 6.45) is 0. The van der Waals surface area contributed by atoms with Crippen molar-refractivity contribution in [3.63, 3.8) is 0 Å². The molecule has 12 heteroatoms. The van der Waals surface area contributed by atoms with Crippen LogP contribution in [0.1, 0.15) is 39.5 Å². The molecule has 0 bridgehead atoms. The highest BCUT2D eigenvalue weighted by atomic mass is 32.1. The van der Waals surface area contributed by atoms with Crippen LogP contribution in [0.5, 0.6) is 5.75 Å². The third-order valence-electron chi connectivity index (χ3n) is 6.60. The Morgan fingerprint density at radius 2 is 1.90 bits per heavy atom. The number of nitrogens with one attached hydrogen (secondary N) is 2. The van der Waals surface area contributed by atoms with Crippen LogP contribution in [0.25, 0.3) is 10.9 Å². The number of ether oxygens (including phenoxy) is 2. The number of aromatic nitrogens is 3. The Morgan fingerprint density at radius 1 is 1.12 bits per heavy atom. The zero-order valence-electron chi connectivity index (χ0n) is 21.9. The van der Waals surface area contributed by atoms with E-state index in [1.807, 2.05) is 37.3 Å². The largest absolute Gasteiger partial charge is 0.489 e. The molecule has 1 fully saturated rings. The van der Waals surface area contributed by atoms with Gasteiger partial charge in [-0.3, -0.25) is 24.2 Å². The summed E-state index contributed by atoms with van der Waals surface area (Å²) >= 11 is 0.933.